The summed E-state index contributed by atoms with van der Waals surface area (Å²) in [6.45, 7) is 1.76. The zero-order chi connectivity index (χ0) is 10.6. The Kier molecular flexibility index (Phi) is 3.77. The van der Waals surface area contributed by atoms with Crippen molar-refractivity contribution in [2.75, 3.05) is 14.2 Å². The van der Waals surface area contributed by atoms with Gasteiger partial charge in [-0.3, -0.25) is 0 Å². The van der Waals surface area contributed by atoms with Crippen molar-refractivity contribution in [1.29, 1.82) is 0 Å². The first-order chi connectivity index (χ1) is 6.67. The summed E-state index contributed by atoms with van der Waals surface area (Å²) in [5.41, 5.74) is 1.04. The summed E-state index contributed by atoms with van der Waals surface area (Å²) < 4.78 is 10.3. The molecule has 0 amide bonds. The molecule has 1 aromatic carbocycles. The molecule has 0 radical (unpaired) electrons. The molecule has 1 rings (SSSR count). The summed E-state index contributed by atoms with van der Waals surface area (Å²) in [5.74, 6) is 1.41. The van der Waals surface area contributed by atoms with Crippen LogP contribution in [0.4, 0.5) is 0 Å². The predicted molar refractivity (Wildman–Crippen MR) is 54.9 cm³/mol. The van der Waals surface area contributed by atoms with Crippen LogP contribution in [-0.2, 0) is 6.42 Å². The van der Waals surface area contributed by atoms with E-state index in [1.165, 1.54) is 0 Å². The Morgan fingerprint density at radius 3 is 2.36 bits per heavy atom. The molecule has 0 heterocycles. The van der Waals surface area contributed by atoms with Gasteiger partial charge in [0.05, 0.1) is 20.3 Å². The first kappa shape index (κ1) is 10.9. The van der Waals surface area contributed by atoms with E-state index in [9.17, 15) is 5.11 Å². The summed E-state index contributed by atoms with van der Waals surface area (Å²) in [5, 5.41) is 9.22. The quantitative estimate of drug-likeness (QED) is 0.795. The van der Waals surface area contributed by atoms with Crippen LogP contribution in [0.1, 0.15) is 12.5 Å². The molecule has 78 valence electrons. The Hall–Kier alpha value is -1.22. The summed E-state index contributed by atoms with van der Waals surface area (Å²) in [7, 11) is 3.20. The van der Waals surface area contributed by atoms with Gasteiger partial charge in [0.25, 0.3) is 0 Å². The minimum Gasteiger partial charge on any atom is -0.493 e. The van der Waals surface area contributed by atoms with Crippen LogP contribution in [-0.4, -0.2) is 25.4 Å². The lowest BCUT2D eigenvalue weighted by Crippen LogP contribution is -2.04. The van der Waals surface area contributed by atoms with E-state index in [1.54, 1.807) is 21.1 Å². The summed E-state index contributed by atoms with van der Waals surface area (Å²) in [6, 6.07) is 5.65. The van der Waals surface area contributed by atoms with E-state index in [2.05, 4.69) is 0 Å². The van der Waals surface area contributed by atoms with Gasteiger partial charge in [-0.2, -0.15) is 0 Å². The standard InChI is InChI=1S/C11H16O3/c1-8(12)6-9-4-5-10(13-2)11(7-9)14-3/h4-5,7-8,12H,6H2,1-3H3/t8-/m1/s1. The predicted octanol–water partition coefficient (Wildman–Crippen LogP) is 1.63. The van der Waals surface area contributed by atoms with Crippen molar-refractivity contribution in [2.45, 2.75) is 19.4 Å². The number of methoxy groups -OCH3 is 2. The summed E-state index contributed by atoms with van der Waals surface area (Å²) in [6.07, 6.45) is 0.286. The van der Waals surface area contributed by atoms with E-state index in [0.717, 1.165) is 5.56 Å². The molecule has 3 heteroatoms. The highest BCUT2D eigenvalue weighted by atomic mass is 16.5. The van der Waals surface area contributed by atoms with Crippen molar-refractivity contribution in [1.82, 2.24) is 0 Å². The smallest absolute Gasteiger partial charge is 0.160 e. The average Bonchev–Trinajstić information content (AvgIpc) is 2.16. The fourth-order valence-electron chi connectivity index (χ4n) is 1.35. The van der Waals surface area contributed by atoms with E-state index in [1.807, 2.05) is 18.2 Å². The Morgan fingerprint density at radius 2 is 1.86 bits per heavy atom. The number of hydrogen-bond donors (Lipinski definition) is 1. The van der Waals surface area contributed by atoms with Crippen LogP contribution in [0.3, 0.4) is 0 Å². The van der Waals surface area contributed by atoms with E-state index in [4.69, 9.17) is 9.47 Å². The van der Waals surface area contributed by atoms with Crippen LogP contribution in [0.2, 0.25) is 0 Å². The van der Waals surface area contributed by atoms with Crippen LogP contribution >= 0.6 is 0 Å². The van der Waals surface area contributed by atoms with E-state index in [-0.39, 0.29) is 6.10 Å². The Balaban J connectivity index is 2.89. The molecule has 1 N–H and O–H groups in total. The van der Waals surface area contributed by atoms with Crippen LogP contribution in [0.25, 0.3) is 0 Å². The Bertz CT molecular complexity index is 295. The molecular weight excluding hydrogens is 180 g/mol. The van der Waals surface area contributed by atoms with Gasteiger partial charge in [0, 0.05) is 0 Å². The third-order valence-electron chi connectivity index (χ3n) is 1.98. The normalized spacial score (nSPS) is 12.3. The van der Waals surface area contributed by atoms with E-state index < -0.39 is 0 Å². The molecule has 0 aliphatic heterocycles. The molecule has 0 spiro atoms. The molecule has 0 bridgehead atoms. The van der Waals surface area contributed by atoms with Gasteiger partial charge < -0.3 is 14.6 Å². The highest BCUT2D eigenvalue weighted by molar-refractivity contribution is 5.42. The van der Waals surface area contributed by atoms with Crippen molar-refractivity contribution in [3.8, 4) is 11.5 Å². The van der Waals surface area contributed by atoms with Gasteiger partial charge in [-0.15, -0.1) is 0 Å². The van der Waals surface area contributed by atoms with Gasteiger partial charge in [-0.05, 0) is 31.0 Å². The maximum atomic E-state index is 9.22. The fraction of sp³-hybridized carbons (Fsp3) is 0.455. The van der Waals surface area contributed by atoms with Crippen molar-refractivity contribution in [3.05, 3.63) is 23.8 Å². The maximum absolute atomic E-state index is 9.22. The van der Waals surface area contributed by atoms with E-state index in [0.29, 0.717) is 17.9 Å². The SMILES string of the molecule is COc1ccc(C[C@@H](C)O)cc1OC. The van der Waals surface area contributed by atoms with Crippen molar-refractivity contribution in [2.24, 2.45) is 0 Å². The molecule has 1 aromatic rings. The number of ether oxygens (including phenoxy) is 2. The van der Waals surface area contributed by atoms with Gasteiger partial charge in [0.15, 0.2) is 11.5 Å². The van der Waals surface area contributed by atoms with Crippen LogP contribution in [0.15, 0.2) is 18.2 Å². The lowest BCUT2D eigenvalue weighted by Gasteiger charge is -2.10. The first-order valence-corrected chi connectivity index (χ1v) is 4.56. The minimum atomic E-state index is -0.340. The molecule has 0 aliphatic carbocycles. The second-order valence-corrected chi connectivity index (χ2v) is 3.24. The number of rotatable bonds is 4. The van der Waals surface area contributed by atoms with Gasteiger partial charge in [0.1, 0.15) is 0 Å². The van der Waals surface area contributed by atoms with E-state index >= 15 is 0 Å². The van der Waals surface area contributed by atoms with Crippen LogP contribution in [0.5, 0.6) is 11.5 Å². The van der Waals surface area contributed by atoms with Crippen LogP contribution in [0, 0.1) is 0 Å². The largest absolute Gasteiger partial charge is 0.493 e. The maximum Gasteiger partial charge on any atom is 0.160 e. The highest BCUT2D eigenvalue weighted by Crippen LogP contribution is 2.27. The number of benzene rings is 1. The number of aliphatic hydroxyl groups excluding tert-OH is 1. The van der Waals surface area contributed by atoms with Gasteiger partial charge >= 0.3 is 0 Å². The molecule has 14 heavy (non-hydrogen) atoms. The molecule has 0 aliphatic rings. The molecule has 0 aromatic heterocycles. The molecular formula is C11H16O3. The summed E-state index contributed by atoms with van der Waals surface area (Å²) >= 11 is 0. The summed E-state index contributed by atoms with van der Waals surface area (Å²) in [4.78, 5) is 0. The molecule has 3 nitrogen and oxygen atoms in total. The zero-order valence-electron chi connectivity index (χ0n) is 8.78. The topological polar surface area (TPSA) is 38.7 Å². The third-order valence-corrected chi connectivity index (χ3v) is 1.98. The molecule has 0 saturated carbocycles. The molecule has 0 saturated heterocycles. The highest BCUT2D eigenvalue weighted by Gasteiger charge is 2.05. The van der Waals surface area contributed by atoms with Gasteiger partial charge in [-0.25, -0.2) is 0 Å². The second kappa shape index (κ2) is 4.86. The lowest BCUT2D eigenvalue weighted by atomic mass is 10.1. The Morgan fingerprint density at radius 1 is 1.21 bits per heavy atom. The van der Waals surface area contributed by atoms with Crippen molar-refractivity contribution in [3.63, 3.8) is 0 Å². The monoisotopic (exact) mass is 196 g/mol. The third kappa shape index (κ3) is 2.64. The first-order valence-electron chi connectivity index (χ1n) is 4.56. The second-order valence-electron chi connectivity index (χ2n) is 3.24. The van der Waals surface area contributed by atoms with Crippen LogP contribution < -0.4 is 9.47 Å². The molecule has 0 fully saturated rings. The number of aliphatic hydroxyl groups is 1. The van der Waals surface area contributed by atoms with Gasteiger partial charge in [0.2, 0.25) is 0 Å². The van der Waals surface area contributed by atoms with Crippen molar-refractivity contribution < 1.29 is 14.6 Å². The molecule has 0 unspecified atom stereocenters. The molecule has 1 atom stereocenters. The Labute approximate surface area is 84.3 Å². The zero-order valence-corrected chi connectivity index (χ0v) is 8.78. The fourth-order valence-corrected chi connectivity index (χ4v) is 1.35. The lowest BCUT2D eigenvalue weighted by molar-refractivity contribution is 0.195. The number of hydrogen-bond acceptors (Lipinski definition) is 3. The average molecular weight is 196 g/mol. The minimum absolute atomic E-state index is 0.340. The van der Waals surface area contributed by atoms with Crippen molar-refractivity contribution >= 4 is 0 Å². The van der Waals surface area contributed by atoms with Gasteiger partial charge in [-0.1, -0.05) is 6.07 Å².